The second-order valence-corrected chi connectivity index (χ2v) is 8.43. The van der Waals surface area contributed by atoms with E-state index in [0.717, 1.165) is 6.54 Å². The Morgan fingerprint density at radius 1 is 1.30 bits per heavy atom. The summed E-state index contributed by atoms with van der Waals surface area (Å²) >= 11 is 2.01. The Labute approximate surface area is 170 Å². The van der Waals surface area contributed by atoms with Crippen molar-refractivity contribution in [3.8, 4) is 0 Å². The van der Waals surface area contributed by atoms with Gasteiger partial charge < -0.3 is 25.0 Å². The van der Waals surface area contributed by atoms with Crippen molar-refractivity contribution in [2.45, 2.75) is 56.0 Å². The van der Waals surface area contributed by atoms with Crippen LogP contribution in [-0.2, 0) is 4.74 Å². The molecule has 0 spiro atoms. The molecule has 1 aliphatic carbocycles. The summed E-state index contributed by atoms with van der Waals surface area (Å²) in [4.78, 5) is 15.1. The number of aliphatic imine (C=N–C) groups is 3. The molecule has 4 rings (SSSR count). The fraction of sp³-hybridized carbons (Fsp3) is 0.812. The highest BCUT2D eigenvalue weighted by Crippen LogP contribution is 2.30. The van der Waals surface area contributed by atoms with Crippen LogP contribution in [-0.4, -0.2) is 85.8 Å². The number of halogens is 1. The number of amidine groups is 2. The second kappa shape index (κ2) is 7.61. The average molecular weight is 492 g/mol. The largest absolute Gasteiger partial charge is 0.394 e. The molecule has 10 nitrogen and oxygen atoms in total. The summed E-state index contributed by atoms with van der Waals surface area (Å²) in [7, 11) is 0. The van der Waals surface area contributed by atoms with E-state index in [2.05, 4.69) is 20.3 Å². The van der Waals surface area contributed by atoms with E-state index in [1.807, 2.05) is 22.6 Å². The maximum absolute atomic E-state index is 10.3. The number of aliphatic hydroxyl groups is 3. The summed E-state index contributed by atoms with van der Waals surface area (Å²) in [5, 5.41) is 33.1. The van der Waals surface area contributed by atoms with Gasteiger partial charge in [-0.25, -0.2) is 9.98 Å². The molecule has 0 aromatic carbocycles. The number of ether oxygens (including phenoxy) is 1. The molecule has 1 saturated carbocycles. The summed E-state index contributed by atoms with van der Waals surface area (Å²) in [5.74, 6) is -0.117. The third kappa shape index (κ3) is 3.54. The minimum absolute atomic E-state index is 0.185. The highest BCUT2D eigenvalue weighted by molar-refractivity contribution is 14.1. The van der Waals surface area contributed by atoms with Crippen molar-refractivity contribution in [1.29, 1.82) is 0 Å². The van der Waals surface area contributed by atoms with Crippen molar-refractivity contribution in [1.82, 2.24) is 10.2 Å². The Bertz CT molecular complexity index is 682. The van der Waals surface area contributed by atoms with Gasteiger partial charge in [-0.2, -0.15) is 0 Å². The molecule has 5 atom stereocenters. The molecule has 27 heavy (non-hydrogen) atoms. The van der Waals surface area contributed by atoms with Crippen LogP contribution in [0.3, 0.4) is 0 Å². The number of aliphatic hydroxyl groups excluding tert-OH is 3. The van der Waals surface area contributed by atoms with Gasteiger partial charge >= 0.3 is 0 Å². The third-order valence-electron chi connectivity index (χ3n) is 5.65. The number of nitrogens with two attached hydrogens (primary N) is 1. The minimum atomic E-state index is -1.19. The van der Waals surface area contributed by atoms with Gasteiger partial charge in [0.15, 0.2) is 15.9 Å². The van der Waals surface area contributed by atoms with Gasteiger partial charge in [-0.15, -0.1) is 0 Å². The molecule has 3 heterocycles. The van der Waals surface area contributed by atoms with Gasteiger partial charge in [0.1, 0.15) is 30.7 Å². The van der Waals surface area contributed by atoms with E-state index in [9.17, 15) is 15.3 Å². The number of hydrogen-bond acceptors (Lipinski definition) is 10. The fourth-order valence-corrected chi connectivity index (χ4v) is 4.72. The van der Waals surface area contributed by atoms with E-state index >= 15 is 0 Å². The molecule has 0 bridgehead atoms. The highest BCUT2D eigenvalue weighted by Gasteiger charge is 2.51. The highest BCUT2D eigenvalue weighted by atomic mass is 127. The first-order chi connectivity index (χ1) is 12.9. The van der Waals surface area contributed by atoms with Gasteiger partial charge in [-0.05, 0) is 18.8 Å². The first-order valence-electron chi connectivity index (χ1n) is 9.25. The van der Waals surface area contributed by atoms with Crippen molar-refractivity contribution in [2.75, 3.05) is 19.8 Å². The number of fused-ring (bicyclic) bond motifs is 1. The average Bonchev–Trinajstić information content (AvgIpc) is 3.35. The van der Waals surface area contributed by atoms with Crippen LogP contribution < -0.4 is 11.1 Å². The Hall–Kier alpha value is -0.700. The molecule has 4 aliphatic rings. The summed E-state index contributed by atoms with van der Waals surface area (Å²) < 4.78 is 6.10. The lowest BCUT2D eigenvalue weighted by Crippen LogP contribution is -2.64. The summed E-state index contributed by atoms with van der Waals surface area (Å²) in [6.45, 7) is 0.555. The zero-order chi connectivity index (χ0) is 19.2. The van der Waals surface area contributed by atoms with Gasteiger partial charge in [0.25, 0.3) is 0 Å². The van der Waals surface area contributed by atoms with E-state index in [1.54, 1.807) is 4.90 Å². The zero-order valence-corrected chi connectivity index (χ0v) is 17.0. The van der Waals surface area contributed by atoms with Crippen molar-refractivity contribution in [3.63, 3.8) is 0 Å². The molecule has 1 saturated heterocycles. The van der Waals surface area contributed by atoms with Gasteiger partial charge in [-0.1, -0.05) is 12.8 Å². The van der Waals surface area contributed by atoms with E-state index in [0.29, 0.717) is 21.3 Å². The first-order valence-corrected chi connectivity index (χ1v) is 10.3. The predicted molar refractivity (Wildman–Crippen MR) is 108 cm³/mol. The monoisotopic (exact) mass is 492 g/mol. The maximum Gasteiger partial charge on any atom is 0.212 e. The van der Waals surface area contributed by atoms with Crippen molar-refractivity contribution in [3.05, 3.63) is 0 Å². The van der Waals surface area contributed by atoms with E-state index in [4.69, 9.17) is 10.5 Å². The quantitative estimate of drug-likeness (QED) is 0.183. The molecule has 2 fully saturated rings. The maximum atomic E-state index is 10.3. The molecular formula is C16H25IN6O4. The number of nitrogens with zero attached hydrogens (tertiary/aromatic N) is 4. The third-order valence-corrected chi connectivity index (χ3v) is 6.13. The van der Waals surface area contributed by atoms with Crippen LogP contribution in [0, 0.1) is 5.92 Å². The van der Waals surface area contributed by atoms with Gasteiger partial charge in [-0.3, -0.25) is 16.0 Å². The lowest BCUT2D eigenvalue weighted by atomic mass is 10.1. The summed E-state index contributed by atoms with van der Waals surface area (Å²) in [6, 6.07) is 0. The summed E-state index contributed by atoms with van der Waals surface area (Å²) in [6.07, 6.45) is 0.790. The molecule has 3 aliphatic heterocycles. The number of nitrogens with one attached hydrogen (secondary N) is 1. The Kier molecular flexibility index (Phi) is 5.53. The van der Waals surface area contributed by atoms with Crippen molar-refractivity contribution in [2.24, 2.45) is 26.6 Å². The minimum Gasteiger partial charge on any atom is -0.394 e. The van der Waals surface area contributed by atoms with Crippen molar-refractivity contribution >= 4 is 38.0 Å². The Morgan fingerprint density at radius 2 is 2.04 bits per heavy atom. The van der Waals surface area contributed by atoms with Crippen LogP contribution in [0.1, 0.15) is 25.7 Å². The zero-order valence-electron chi connectivity index (χ0n) is 14.8. The molecule has 6 N–H and O–H groups in total. The van der Waals surface area contributed by atoms with Crippen LogP contribution in [0.25, 0.3) is 0 Å². The van der Waals surface area contributed by atoms with Crippen LogP contribution in [0.15, 0.2) is 15.0 Å². The molecule has 0 radical (unpaired) electrons. The van der Waals surface area contributed by atoms with Crippen LogP contribution in [0.4, 0.5) is 0 Å². The van der Waals surface area contributed by atoms with E-state index in [1.165, 1.54) is 25.7 Å². The van der Waals surface area contributed by atoms with E-state index < -0.39 is 30.3 Å². The smallest absolute Gasteiger partial charge is 0.212 e. The number of hydrogen-bond donors (Lipinski definition) is 5. The first kappa shape index (κ1) is 19.6. The van der Waals surface area contributed by atoms with Crippen LogP contribution >= 0.6 is 22.6 Å². The Balaban J connectivity index is 1.52. The van der Waals surface area contributed by atoms with Gasteiger partial charge in [0.2, 0.25) is 5.79 Å². The summed E-state index contributed by atoms with van der Waals surface area (Å²) in [5.41, 5.74) is 7.05. The molecule has 0 aromatic rings. The van der Waals surface area contributed by atoms with Crippen LogP contribution in [0.2, 0.25) is 0 Å². The van der Waals surface area contributed by atoms with Crippen LogP contribution in [0.5, 0.6) is 0 Å². The molecule has 0 amide bonds. The van der Waals surface area contributed by atoms with E-state index in [-0.39, 0.29) is 13.3 Å². The SMILES string of the molecule is NC1(NCC2CCCC2)N=C(I)N=C2C1=NCN2[C@@H]1O[C@H](CO)[C@@H](O)[C@H]1O. The topological polar surface area (TPSA) is 148 Å². The molecule has 1 unspecified atom stereocenters. The lowest BCUT2D eigenvalue weighted by molar-refractivity contribution is -0.0688. The fourth-order valence-electron chi connectivity index (χ4n) is 4.12. The number of rotatable bonds is 5. The normalized spacial score (nSPS) is 39.4. The molecule has 11 heteroatoms. The second-order valence-electron chi connectivity index (χ2n) is 7.46. The molecule has 0 aromatic heterocycles. The lowest BCUT2D eigenvalue weighted by Gasteiger charge is -2.34. The predicted octanol–water partition coefficient (Wildman–Crippen LogP) is -1.27. The Morgan fingerprint density at radius 3 is 2.70 bits per heavy atom. The van der Waals surface area contributed by atoms with Gasteiger partial charge in [0, 0.05) is 29.1 Å². The molecular weight excluding hydrogens is 467 g/mol. The standard InChI is InChI=1S/C16H25IN6O4/c17-15-21-13-12(16(18,22-15)20-5-8-3-1-2-4-8)19-7-23(13)14-11(26)10(25)9(6-24)27-14/h8-11,14,20,24-26H,1-7,18H2/t9-,10-,11-,14-,16?/m1/s1. The molecule has 150 valence electrons. The van der Waals surface area contributed by atoms with Crippen molar-refractivity contribution < 1.29 is 20.1 Å². The van der Waals surface area contributed by atoms with Gasteiger partial charge in [0.05, 0.1) is 6.61 Å².